The molecule has 1 aromatic carbocycles. The molecule has 1 aromatic rings. The first-order valence-corrected chi connectivity index (χ1v) is 5.52. The zero-order valence-corrected chi connectivity index (χ0v) is 10.0. The van der Waals surface area contributed by atoms with Gasteiger partial charge in [0.2, 0.25) is 0 Å². The highest BCUT2D eigenvalue weighted by Crippen LogP contribution is 2.13. The molecule has 0 aromatic heterocycles. The molecule has 0 saturated heterocycles. The third kappa shape index (κ3) is 4.01. The Morgan fingerprint density at radius 2 is 2.33 bits per heavy atom. The Balaban J connectivity index is 2.58. The minimum atomic E-state index is -1.08. The molecule has 0 aliphatic carbocycles. The van der Waals surface area contributed by atoms with Crippen molar-refractivity contribution < 1.29 is 14.6 Å². The molecule has 0 radical (unpaired) electrons. The SMILES string of the molecule is CCOC(=O)[C@H](O)Cc1cccc(Br)c1. The number of rotatable bonds is 4. The van der Waals surface area contributed by atoms with E-state index in [0.717, 1.165) is 10.0 Å². The lowest BCUT2D eigenvalue weighted by molar-refractivity contribution is -0.152. The van der Waals surface area contributed by atoms with E-state index in [1.807, 2.05) is 24.3 Å². The van der Waals surface area contributed by atoms with E-state index in [-0.39, 0.29) is 13.0 Å². The molecular formula is C11H13BrO3. The molecular weight excluding hydrogens is 260 g/mol. The molecule has 82 valence electrons. The van der Waals surface area contributed by atoms with Gasteiger partial charge in [0, 0.05) is 10.9 Å². The summed E-state index contributed by atoms with van der Waals surface area (Å²) < 4.78 is 5.63. The van der Waals surface area contributed by atoms with E-state index in [1.54, 1.807) is 6.92 Å². The van der Waals surface area contributed by atoms with E-state index < -0.39 is 12.1 Å². The number of ether oxygens (including phenoxy) is 1. The summed E-state index contributed by atoms with van der Waals surface area (Å²) in [6.45, 7) is 2.00. The van der Waals surface area contributed by atoms with Crippen molar-refractivity contribution in [2.24, 2.45) is 0 Å². The van der Waals surface area contributed by atoms with Crippen molar-refractivity contribution in [3.05, 3.63) is 34.3 Å². The quantitative estimate of drug-likeness (QED) is 0.852. The summed E-state index contributed by atoms with van der Waals surface area (Å²) in [7, 11) is 0. The van der Waals surface area contributed by atoms with Crippen LogP contribution >= 0.6 is 15.9 Å². The third-order valence-electron chi connectivity index (χ3n) is 1.88. The molecule has 0 aliphatic rings. The smallest absolute Gasteiger partial charge is 0.335 e. The van der Waals surface area contributed by atoms with Crippen LogP contribution in [0.3, 0.4) is 0 Å². The van der Waals surface area contributed by atoms with Gasteiger partial charge in [-0.15, -0.1) is 0 Å². The first-order valence-electron chi connectivity index (χ1n) is 4.72. The zero-order valence-electron chi connectivity index (χ0n) is 8.44. The van der Waals surface area contributed by atoms with Crippen LogP contribution in [-0.4, -0.2) is 23.8 Å². The number of hydrogen-bond acceptors (Lipinski definition) is 3. The van der Waals surface area contributed by atoms with Crippen molar-refractivity contribution in [2.75, 3.05) is 6.61 Å². The Morgan fingerprint density at radius 1 is 1.60 bits per heavy atom. The van der Waals surface area contributed by atoms with Crippen molar-refractivity contribution in [3.63, 3.8) is 0 Å². The minimum absolute atomic E-state index is 0.276. The second-order valence-electron chi connectivity index (χ2n) is 3.10. The molecule has 0 bridgehead atoms. The van der Waals surface area contributed by atoms with Gasteiger partial charge in [-0.2, -0.15) is 0 Å². The fraction of sp³-hybridized carbons (Fsp3) is 0.364. The summed E-state index contributed by atoms with van der Waals surface area (Å²) in [5, 5.41) is 9.50. The van der Waals surface area contributed by atoms with Gasteiger partial charge in [0.1, 0.15) is 0 Å². The predicted octanol–water partition coefficient (Wildman–Crippen LogP) is 1.92. The van der Waals surface area contributed by atoms with Crippen LogP contribution in [0.5, 0.6) is 0 Å². The molecule has 0 heterocycles. The van der Waals surface area contributed by atoms with Crippen LogP contribution in [0.1, 0.15) is 12.5 Å². The molecule has 3 nitrogen and oxygen atoms in total. The first kappa shape index (κ1) is 12.2. The van der Waals surface area contributed by atoms with Gasteiger partial charge in [-0.25, -0.2) is 4.79 Å². The van der Waals surface area contributed by atoms with Gasteiger partial charge in [-0.1, -0.05) is 28.1 Å². The summed E-state index contributed by atoms with van der Waals surface area (Å²) in [5.74, 6) is -0.572. The topological polar surface area (TPSA) is 46.5 Å². The second-order valence-corrected chi connectivity index (χ2v) is 4.02. The van der Waals surface area contributed by atoms with Crippen LogP contribution in [0.25, 0.3) is 0 Å². The molecule has 4 heteroatoms. The fourth-order valence-electron chi connectivity index (χ4n) is 1.21. The summed E-state index contributed by atoms with van der Waals surface area (Å²) >= 11 is 3.32. The molecule has 0 amide bonds. The van der Waals surface area contributed by atoms with Gasteiger partial charge in [-0.05, 0) is 24.6 Å². The average molecular weight is 273 g/mol. The third-order valence-corrected chi connectivity index (χ3v) is 2.37. The second kappa shape index (κ2) is 5.88. The molecule has 1 rings (SSSR count). The normalized spacial score (nSPS) is 12.2. The molecule has 0 spiro atoms. The lowest BCUT2D eigenvalue weighted by Crippen LogP contribution is -2.25. The Kier molecular flexibility index (Phi) is 4.78. The number of halogens is 1. The van der Waals surface area contributed by atoms with Crippen LogP contribution in [0.4, 0.5) is 0 Å². The lowest BCUT2D eigenvalue weighted by Gasteiger charge is -2.09. The summed E-state index contributed by atoms with van der Waals surface area (Å²) in [6.07, 6.45) is -0.808. The number of benzene rings is 1. The summed E-state index contributed by atoms with van der Waals surface area (Å²) in [5.41, 5.74) is 0.893. The maximum Gasteiger partial charge on any atom is 0.335 e. The Morgan fingerprint density at radius 3 is 2.93 bits per heavy atom. The van der Waals surface area contributed by atoms with Crippen molar-refractivity contribution in [1.29, 1.82) is 0 Å². The Labute approximate surface area is 97.2 Å². The van der Waals surface area contributed by atoms with Crippen molar-refractivity contribution in [1.82, 2.24) is 0 Å². The van der Waals surface area contributed by atoms with Gasteiger partial charge >= 0.3 is 5.97 Å². The molecule has 1 atom stereocenters. The monoisotopic (exact) mass is 272 g/mol. The van der Waals surface area contributed by atoms with E-state index in [4.69, 9.17) is 4.74 Å². The van der Waals surface area contributed by atoms with Crippen molar-refractivity contribution in [2.45, 2.75) is 19.4 Å². The molecule has 15 heavy (non-hydrogen) atoms. The van der Waals surface area contributed by atoms with Crippen molar-refractivity contribution >= 4 is 21.9 Å². The molecule has 0 unspecified atom stereocenters. The number of aliphatic hydroxyl groups is 1. The summed E-state index contributed by atoms with van der Waals surface area (Å²) in [6, 6.07) is 7.47. The van der Waals surface area contributed by atoms with E-state index >= 15 is 0 Å². The number of hydrogen-bond donors (Lipinski definition) is 1. The van der Waals surface area contributed by atoms with Crippen molar-refractivity contribution in [3.8, 4) is 0 Å². The number of carbonyl (C=O) groups excluding carboxylic acids is 1. The first-order chi connectivity index (χ1) is 7.13. The Hall–Kier alpha value is -0.870. The van der Waals surface area contributed by atoms with Crippen LogP contribution < -0.4 is 0 Å². The maximum atomic E-state index is 11.1. The van der Waals surface area contributed by atoms with Gasteiger partial charge in [0.05, 0.1) is 6.61 Å². The molecule has 1 N–H and O–H groups in total. The largest absolute Gasteiger partial charge is 0.464 e. The van der Waals surface area contributed by atoms with Crippen LogP contribution in [-0.2, 0) is 16.0 Å². The van der Waals surface area contributed by atoms with E-state index in [9.17, 15) is 9.90 Å². The highest BCUT2D eigenvalue weighted by Gasteiger charge is 2.16. The van der Waals surface area contributed by atoms with Gasteiger partial charge < -0.3 is 9.84 Å². The highest BCUT2D eigenvalue weighted by molar-refractivity contribution is 9.10. The fourth-order valence-corrected chi connectivity index (χ4v) is 1.66. The van der Waals surface area contributed by atoms with E-state index in [2.05, 4.69) is 15.9 Å². The maximum absolute atomic E-state index is 11.1. The van der Waals surface area contributed by atoms with E-state index in [1.165, 1.54) is 0 Å². The Bertz CT molecular complexity index is 338. The zero-order chi connectivity index (χ0) is 11.3. The number of carbonyl (C=O) groups is 1. The minimum Gasteiger partial charge on any atom is -0.464 e. The predicted molar refractivity (Wildman–Crippen MR) is 60.5 cm³/mol. The van der Waals surface area contributed by atoms with Crippen LogP contribution in [0, 0.1) is 0 Å². The van der Waals surface area contributed by atoms with Gasteiger partial charge in [0.25, 0.3) is 0 Å². The van der Waals surface area contributed by atoms with Crippen LogP contribution in [0.2, 0.25) is 0 Å². The molecule has 0 aliphatic heterocycles. The standard InChI is InChI=1S/C11H13BrO3/c1-2-15-11(14)10(13)7-8-4-3-5-9(12)6-8/h3-6,10,13H,2,7H2,1H3/t10-/m1/s1. The number of aliphatic hydroxyl groups excluding tert-OH is 1. The average Bonchev–Trinajstić information content (AvgIpc) is 2.18. The number of esters is 1. The van der Waals surface area contributed by atoms with Crippen LogP contribution in [0.15, 0.2) is 28.7 Å². The van der Waals surface area contributed by atoms with Gasteiger partial charge in [-0.3, -0.25) is 0 Å². The van der Waals surface area contributed by atoms with Gasteiger partial charge in [0.15, 0.2) is 6.10 Å². The van der Waals surface area contributed by atoms with E-state index in [0.29, 0.717) is 0 Å². The lowest BCUT2D eigenvalue weighted by atomic mass is 10.1. The highest BCUT2D eigenvalue weighted by atomic mass is 79.9. The summed E-state index contributed by atoms with van der Waals surface area (Å²) in [4.78, 5) is 11.1. The molecule has 0 fully saturated rings. The molecule has 0 saturated carbocycles.